The molecule has 0 bridgehead atoms. The molecule has 0 aliphatic rings. The fraction of sp³-hybridized carbons (Fsp3) is 0.0833. The number of nitro groups is 1. The van der Waals surface area contributed by atoms with Gasteiger partial charge in [-0.05, 0) is 18.2 Å². The lowest BCUT2D eigenvalue weighted by atomic mass is 10.3. The van der Waals surface area contributed by atoms with Crippen molar-refractivity contribution in [3.05, 3.63) is 56.3 Å². The molecule has 0 atom stereocenters. The molecule has 2 aromatic rings. The van der Waals surface area contributed by atoms with Gasteiger partial charge < -0.3 is 9.84 Å². The maximum atomic E-state index is 10.7. The summed E-state index contributed by atoms with van der Waals surface area (Å²) in [5, 5.41) is 19.4. The molecule has 0 spiro atoms. The number of carboxylic acid groups (broad SMARTS) is 1. The molecule has 0 unspecified atom stereocenters. The molecule has 0 amide bonds. The number of aromatic carboxylic acids is 1. The van der Waals surface area contributed by atoms with Crippen molar-refractivity contribution < 1.29 is 19.6 Å². The molecule has 1 N–H and O–H groups in total. The van der Waals surface area contributed by atoms with Crippen molar-refractivity contribution in [1.82, 2.24) is 0 Å². The predicted molar refractivity (Wildman–Crippen MR) is 68.7 cm³/mol. The van der Waals surface area contributed by atoms with Crippen molar-refractivity contribution in [3.63, 3.8) is 0 Å². The standard InChI is InChI=1S/C12H9NO5S/c14-12(15)11-5-4-10(19-11)7-18-9-3-1-2-8(6-9)13(16)17/h1-6H,7H2,(H,14,15). The number of nitrogens with zero attached hydrogens (tertiary/aromatic N) is 1. The molecule has 0 saturated heterocycles. The van der Waals surface area contributed by atoms with Crippen molar-refractivity contribution in [3.8, 4) is 5.75 Å². The molecule has 0 fully saturated rings. The van der Waals surface area contributed by atoms with E-state index in [2.05, 4.69) is 0 Å². The van der Waals surface area contributed by atoms with Gasteiger partial charge in [0.05, 0.1) is 11.0 Å². The van der Waals surface area contributed by atoms with E-state index in [1.54, 1.807) is 12.1 Å². The normalized spacial score (nSPS) is 10.1. The van der Waals surface area contributed by atoms with Crippen LogP contribution >= 0.6 is 11.3 Å². The number of carbonyl (C=O) groups is 1. The minimum Gasteiger partial charge on any atom is -0.488 e. The average molecular weight is 279 g/mol. The highest BCUT2D eigenvalue weighted by Gasteiger charge is 2.09. The Morgan fingerprint density at radius 3 is 2.79 bits per heavy atom. The molecular formula is C12H9NO5S. The van der Waals surface area contributed by atoms with Crippen LogP contribution in [0.4, 0.5) is 5.69 Å². The van der Waals surface area contributed by atoms with Gasteiger partial charge in [-0.1, -0.05) is 6.07 Å². The van der Waals surface area contributed by atoms with Gasteiger partial charge in [0, 0.05) is 10.9 Å². The summed E-state index contributed by atoms with van der Waals surface area (Å²) in [4.78, 5) is 21.8. The van der Waals surface area contributed by atoms with E-state index in [-0.39, 0.29) is 17.2 Å². The maximum Gasteiger partial charge on any atom is 0.345 e. The third kappa shape index (κ3) is 3.29. The van der Waals surface area contributed by atoms with Crippen LogP contribution in [0.2, 0.25) is 0 Å². The molecule has 19 heavy (non-hydrogen) atoms. The van der Waals surface area contributed by atoms with E-state index in [0.29, 0.717) is 5.75 Å². The predicted octanol–water partition coefficient (Wildman–Crippen LogP) is 2.93. The Kier molecular flexibility index (Phi) is 3.76. The van der Waals surface area contributed by atoms with E-state index in [1.165, 1.54) is 24.3 Å². The molecule has 6 nitrogen and oxygen atoms in total. The summed E-state index contributed by atoms with van der Waals surface area (Å²) in [6, 6.07) is 9.00. The van der Waals surface area contributed by atoms with E-state index < -0.39 is 10.9 Å². The van der Waals surface area contributed by atoms with Gasteiger partial charge in [-0.3, -0.25) is 10.1 Å². The lowest BCUT2D eigenvalue weighted by molar-refractivity contribution is -0.384. The average Bonchev–Trinajstić information content (AvgIpc) is 2.85. The second kappa shape index (κ2) is 5.49. The van der Waals surface area contributed by atoms with E-state index in [1.807, 2.05) is 0 Å². The zero-order chi connectivity index (χ0) is 13.8. The van der Waals surface area contributed by atoms with Crippen molar-refractivity contribution >= 4 is 23.0 Å². The van der Waals surface area contributed by atoms with Gasteiger partial charge in [0.2, 0.25) is 0 Å². The molecule has 1 aromatic carbocycles. The number of ether oxygens (including phenoxy) is 1. The Balaban J connectivity index is 2.03. The highest BCUT2D eigenvalue weighted by Crippen LogP contribution is 2.22. The van der Waals surface area contributed by atoms with Crippen LogP contribution in [0.3, 0.4) is 0 Å². The number of rotatable bonds is 5. The number of hydrogen-bond acceptors (Lipinski definition) is 5. The molecule has 0 aliphatic carbocycles. The van der Waals surface area contributed by atoms with Crippen LogP contribution < -0.4 is 4.74 Å². The van der Waals surface area contributed by atoms with Crippen molar-refractivity contribution in [2.24, 2.45) is 0 Å². The molecular weight excluding hydrogens is 270 g/mol. The summed E-state index contributed by atoms with van der Waals surface area (Å²) in [7, 11) is 0. The summed E-state index contributed by atoms with van der Waals surface area (Å²) in [5.41, 5.74) is -0.0464. The van der Waals surface area contributed by atoms with Gasteiger partial charge in [0.15, 0.2) is 0 Å². The van der Waals surface area contributed by atoms with Crippen molar-refractivity contribution in [1.29, 1.82) is 0 Å². The van der Waals surface area contributed by atoms with Crippen LogP contribution in [-0.4, -0.2) is 16.0 Å². The molecule has 0 saturated carbocycles. The Bertz CT molecular complexity index is 622. The minimum absolute atomic E-state index is 0.0464. The third-order valence-electron chi connectivity index (χ3n) is 2.28. The Morgan fingerprint density at radius 1 is 1.37 bits per heavy atom. The Labute approximate surface area is 112 Å². The smallest absolute Gasteiger partial charge is 0.345 e. The first kappa shape index (κ1) is 13.0. The fourth-order valence-electron chi connectivity index (χ4n) is 1.41. The molecule has 98 valence electrons. The lowest BCUT2D eigenvalue weighted by Crippen LogP contribution is -1.94. The number of nitro benzene ring substituents is 1. The number of carboxylic acids is 1. The summed E-state index contributed by atoms with van der Waals surface area (Å²) in [6.07, 6.45) is 0. The van der Waals surface area contributed by atoms with Crippen LogP contribution in [0, 0.1) is 10.1 Å². The van der Waals surface area contributed by atoms with Gasteiger partial charge in [-0.15, -0.1) is 11.3 Å². The quantitative estimate of drug-likeness (QED) is 0.671. The Hall–Kier alpha value is -2.41. The van der Waals surface area contributed by atoms with Crippen molar-refractivity contribution in [2.45, 2.75) is 6.61 Å². The summed E-state index contributed by atoms with van der Waals surface area (Å²) < 4.78 is 5.39. The molecule has 0 radical (unpaired) electrons. The van der Waals surface area contributed by atoms with Crippen LogP contribution in [0.5, 0.6) is 5.75 Å². The van der Waals surface area contributed by atoms with Crippen LogP contribution in [-0.2, 0) is 6.61 Å². The molecule has 7 heteroatoms. The molecule has 2 rings (SSSR count). The number of thiophene rings is 1. The largest absolute Gasteiger partial charge is 0.488 e. The van der Waals surface area contributed by atoms with E-state index in [9.17, 15) is 14.9 Å². The molecule has 0 aliphatic heterocycles. The van der Waals surface area contributed by atoms with E-state index in [4.69, 9.17) is 9.84 Å². The zero-order valence-electron chi connectivity index (χ0n) is 9.61. The summed E-state index contributed by atoms with van der Waals surface area (Å²) in [5.74, 6) is -0.605. The molecule has 1 heterocycles. The zero-order valence-corrected chi connectivity index (χ0v) is 10.4. The lowest BCUT2D eigenvalue weighted by Gasteiger charge is -2.03. The van der Waals surface area contributed by atoms with Gasteiger partial charge in [0.1, 0.15) is 17.2 Å². The van der Waals surface area contributed by atoms with Crippen molar-refractivity contribution in [2.75, 3.05) is 0 Å². The third-order valence-corrected chi connectivity index (χ3v) is 3.33. The van der Waals surface area contributed by atoms with Crippen LogP contribution in [0.1, 0.15) is 14.5 Å². The highest BCUT2D eigenvalue weighted by atomic mass is 32.1. The van der Waals surface area contributed by atoms with E-state index >= 15 is 0 Å². The van der Waals surface area contributed by atoms with Gasteiger partial charge in [-0.2, -0.15) is 0 Å². The van der Waals surface area contributed by atoms with Crippen LogP contribution in [0.25, 0.3) is 0 Å². The van der Waals surface area contributed by atoms with E-state index in [0.717, 1.165) is 16.2 Å². The second-order valence-corrected chi connectivity index (χ2v) is 4.78. The minimum atomic E-state index is -0.980. The highest BCUT2D eigenvalue weighted by molar-refractivity contribution is 7.13. The second-order valence-electron chi connectivity index (χ2n) is 3.61. The number of non-ortho nitro benzene ring substituents is 1. The Morgan fingerprint density at radius 2 is 2.16 bits per heavy atom. The number of benzene rings is 1. The SMILES string of the molecule is O=C(O)c1ccc(COc2cccc([N+](=O)[O-])c2)s1. The first-order valence-corrected chi connectivity index (χ1v) is 6.07. The monoisotopic (exact) mass is 279 g/mol. The molecule has 1 aromatic heterocycles. The first-order valence-electron chi connectivity index (χ1n) is 5.25. The van der Waals surface area contributed by atoms with Gasteiger partial charge in [-0.25, -0.2) is 4.79 Å². The topological polar surface area (TPSA) is 89.7 Å². The number of hydrogen-bond donors (Lipinski definition) is 1. The van der Waals surface area contributed by atoms with Gasteiger partial charge in [0.25, 0.3) is 5.69 Å². The van der Waals surface area contributed by atoms with Crippen LogP contribution in [0.15, 0.2) is 36.4 Å². The fourth-order valence-corrected chi connectivity index (χ4v) is 2.17. The maximum absolute atomic E-state index is 10.7. The summed E-state index contributed by atoms with van der Waals surface area (Å²) in [6.45, 7) is 0.180. The first-order chi connectivity index (χ1) is 9.06. The summed E-state index contributed by atoms with van der Waals surface area (Å²) >= 11 is 1.11. The van der Waals surface area contributed by atoms with Gasteiger partial charge >= 0.3 is 5.97 Å².